The molecule has 3 fully saturated rings. The minimum atomic E-state index is -4.67. The van der Waals surface area contributed by atoms with Crippen molar-refractivity contribution in [3.05, 3.63) is 74.4 Å². The maximum atomic E-state index is 13.5. The standard InChI is InChI=1S/C41H44ClF3N8O5S/c1-50(24-15-17-52(18-16-24)29-12-11-25(42)35-36(29)51(2)40(57)53(35)30-13-14-34(54)49-38(30)56)21-22-7-9-23(10-8-22)39-48-28-19-31(58-3)27(20-32(28)59-39)47-37(55)26-5-4-6-33(46-26)41(43,44)45/h4-6,11-12,19-20,22-24,30H,7-10,13-18,21H2,1-3H3,(H,47,55)(H,49,54,56). The van der Waals surface area contributed by atoms with Crippen LogP contribution in [0.1, 0.15) is 84.5 Å². The van der Waals surface area contributed by atoms with Gasteiger partial charge in [0.1, 0.15) is 23.2 Å². The predicted molar refractivity (Wildman–Crippen MR) is 220 cm³/mol. The molecule has 2 saturated heterocycles. The number of fused-ring (bicyclic) bond motifs is 2. The Morgan fingerprint density at radius 1 is 1.02 bits per heavy atom. The van der Waals surface area contributed by atoms with Gasteiger partial charge in [-0.3, -0.25) is 28.8 Å². The third-order valence-electron chi connectivity index (χ3n) is 12.1. The van der Waals surface area contributed by atoms with Crippen LogP contribution in [0.2, 0.25) is 5.02 Å². The number of benzene rings is 2. The number of methoxy groups -OCH3 is 1. The van der Waals surface area contributed by atoms with Gasteiger partial charge in [0.15, 0.2) is 0 Å². The molecule has 8 rings (SSSR count). The number of piperidine rings is 2. The second-order valence-corrected chi connectivity index (χ2v) is 17.2. The largest absolute Gasteiger partial charge is 0.494 e. The monoisotopic (exact) mass is 852 g/mol. The summed E-state index contributed by atoms with van der Waals surface area (Å²) in [5.74, 6) is -0.416. The van der Waals surface area contributed by atoms with Gasteiger partial charge in [-0.1, -0.05) is 17.7 Å². The maximum Gasteiger partial charge on any atom is 0.433 e. The van der Waals surface area contributed by atoms with Crippen LogP contribution in [-0.4, -0.2) is 81.6 Å². The van der Waals surface area contributed by atoms with Gasteiger partial charge in [0.05, 0.1) is 49.8 Å². The highest BCUT2D eigenvalue weighted by Gasteiger charge is 2.35. The van der Waals surface area contributed by atoms with E-state index in [2.05, 4.69) is 32.5 Å². The minimum Gasteiger partial charge on any atom is -0.494 e. The molecule has 1 unspecified atom stereocenters. The number of pyridine rings is 1. The summed E-state index contributed by atoms with van der Waals surface area (Å²) in [5, 5.41) is 6.42. The van der Waals surface area contributed by atoms with Crippen molar-refractivity contribution in [3.8, 4) is 5.75 Å². The zero-order chi connectivity index (χ0) is 41.7. The van der Waals surface area contributed by atoms with E-state index in [-0.39, 0.29) is 30.1 Å². The lowest BCUT2D eigenvalue weighted by Gasteiger charge is -2.40. The number of nitrogens with one attached hydrogen (secondary N) is 2. The zero-order valence-electron chi connectivity index (χ0n) is 32.8. The van der Waals surface area contributed by atoms with E-state index in [1.54, 1.807) is 41.2 Å². The van der Waals surface area contributed by atoms with E-state index in [4.69, 9.17) is 21.3 Å². The van der Waals surface area contributed by atoms with E-state index in [1.165, 1.54) is 17.7 Å². The molecule has 3 aromatic heterocycles. The Morgan fingerprint density at radius 2 is 1.76 bits per heavy atom. The summed E-state index contributed by atoms with van der Waals surface area (Å²) in [4.78, 5) is 64.3. The van der Waals surface area contributed by atoms with Gasteiger partial charge < -0.3 is 19.9 Å². The molecule has 0 radical (unpaired) electrons. The number of carbonyl (C=O) groups is 3. The lowest BCUT2D eigenvalue weighted by Crippen LogP contribution is -2.45. The van der Waals surface area contributed by atoms with Gasteiger partial charge in [-0.25, -0.2) is 14.8 Å². The van der Waals surface area contributed by atoms with Gasteiger partial charge in [-0.15, -0.1) is 11.3 Å². The van der Waals surface area contributed by atoms with E-state index < -0.39 is 29.7 Å². The van der Waals surface area contributed by atoms with Gasteiger partial charge in [-0.05, 0) is 88.2 Å². The number of hydrogen-bond donors (Lipinski definition) is 2. The second kappa shape index (κ2) is 16.2. The number of thiazole rings is 1. The van der Waals surface area contributed by atoms with Crippen LogP contribution in [0.4, 0.5) is 24.5 Å². The molecule has 2 N–H and O–H groups in total. The first-order valence-electron chi connectivity index (χ1n) is 19.7. The quantitative estimate of drug-likeness (QED) is 0.148. The third-order valence-corrected chi connectivity index (χ3v) is 13.6. The van der Waals surface area contributed by atoms with Crippen molar-refractivity contribution in [2.45, 2.75) is 75.5 Å². The molecule has 1 saturated carbocycles. The molecule has 0 spiro atoms. The van der Waals surface area contributed by atoms with Crippen LogP contribution in [0, 0.1) is 5.92 Å². The summed E-state index contributed by atoms with van der Waals surface area (Å²) in [6.45, 7) is 2.59. The third kappa shape index (κ3) is 8.03. The molecule has 1 aliphatic carbocycles. The first-order valence-corrected chi connectivity index (χ1v) is 20.9. The summed E-state index contributed by atoms with van der Waals surface area (Å²) in [6, 6.07) is 10.0. The number of anilines is 2. The van der Waals surface area contributed by atoms with Gasteiger partial charge in [0.25, 0.3) is 5.91 Å². The first-order chi connectivity index (χ1) is 28.2. The summed E-state index contributed by atoms with van der Waals surface area (Å²) < 4.78 is 48.9. The molecule has 2 aromatic carbocycles. The molecule has 3 aliphatic rings. The number of imidazole rings is 1. The predicted octanol–water partition coefficient (Wildman–Crippen LogP) is 7.13. The van der Waals surface area contributed by atoms with E-state index >= 15 is 0 Å². The van der Waals surface area contributed by atoms with Crippen molar-refractivity contribution >= 4 is 73.3 Å². The van der Waals surface area contributed by atoms with Crippen molar-refractivity contribution in [2.75, 3.05) is 44.0 Å². The first kappa shape index (κ1) is 40.8. The second-order valence-electron chi connectivity index (χ2n) is 15.7. The van der Waals surface area contributed by atoms with Gasteiger partial charge >= 0.3 is 11.9 Å². The number of nitrogens with zero attached hydrogens (tertiary/aromatic N) is 6. The van der Waals surface area contributed by atoms with Crippen molar-refractivity contribution in [2.24, 2.45) is 13.0 Å². The number of hydrogen-bond acceptors (Lipinski definition) is 10. The Balaban J connectivity index is 0.874. The molecule has 5 aromatic rings. The molecule has 0 bridgehead atoms. The Hall–Kier alpha value is -5.00. The van der Waals surface area contributed by atoms with Crippen LogP contribution in [0.5, 0.6) is 5.75 Å². The highest BCUT2D eigenvalue weighted by molar-refractivity contribution is 7.18. The maximum absolute atomic E-state index is 13.5. The summed E-state index contributed by atoms with van der Waals surface area (Å²) in [5.41, 5.74) is 1.31. The molecule has 5 heterocycles. The molecule has 312 valence electrons. The number of aryl methyl sites for hydroxylation is 1. The van der Waals surface area contributed by atoms with E-state index in [0.717, 1.165) is 91.2 Å². The molecular weight excluding hydrogens is 809 g/mol. The van der Waals surface area contributed by atoms with Crippen molar-refractivity contribution in [1.29, 1.82) is 0 Å². The number of aromatic nitrogens is 4. The smallest absolute Gasteiger partial charge is 0.433 e. The summed E-state index contributed by atoms with van der Waals surface area (Å²) in [7, 11) is 5.36. The molecule has 1 atom stereocenters. The topological polar surface area (TPSA) is 144 Å². The van der Waals surface area contributed by atoms with Crippen molar-refractivity contribution < 1.29 is 32.3 Å². The highest BCUT2D eigenvalue weighted by atomic mass is 35.5. The Bertz CT molecular complexity index is 2500. The van der Waals surface area contributed by atoms with Crippen LogP contribution >= 0.6 is 22.9 Å². The van der Waals surface area contributed by atoms with Crippen LogP contribution in [0.15, 0.2) is 47.3 Å². The van der Waals surface area contributed by atoms with Crippen LogP contribution in [-0.2, 0) is 22.8 Å². The lowest BCUT2D eigenvalue weighted by molar-refractivity contribution is -0.141. The number of alkyl halides is 3. The SMILES string of the molecule is COc1cc2nc(C3CCC(CN(C)C4CCN(c5ccc(Cl)c6c5n(C)c(=O)n6C5CCC(=O)NC5=O)CC4)CC3)sc2cc1NC(=O)c1cccc(C(F)(F)F)n1. The number of carbonyl (C=O) groups excluding carboxylic acids is 3. The number of ether oxygens (including phenoxy) is 1. The Kier molecular flexibility index (Phi) is 11.2. The summed E-state index contributed by atoms with van der Waals surface area (Å²) in [6.07, 6.45) is 1.77. The minimum absolute atomic E-state index is 0.155. The highest BCUT2D eigenvalue weighted by Crippen LogP contribution is 2.42. The average Bonchev–Trinajstić information content (AvgIpc) is 3.75. The fourth-order valence-corrected chi connectivity index (χ4v) is 10.3. The van der Waals surface area contributed by atoms with Crippen LogP contribution in [0.25, 0.3) is 21.3 Å². The van der Waals surface area contributed by atoms with Crippen molar-refractivity contribution in [1.82, 2.24) is 29.3 Å². The zero-order valence-corrected chi connectivity index (χ0v) is 34.3. The fraction of sp³-hybridized carbons (Fsp3) is 0.463. The fourth-order valence-electron chi connectivity index (χ4n) is 8.94. The number of halogens is 4. The Labute approximate surface area is 346 Å². The van der Waals surface area contributed by atoms with Gasteiger partial charge in [0, 0.05) is 51.1 Å². The van der Waals surface area contributed by atoms with Crippen LogP contribution in [0.3, 0.4) is 0 Å². The lowest BCUT2D eigenvalue weighted by atomic mass is 9.82. The molecule has 13 nitrogen and oxygen atoms in total. The number of rotatable bonds is 9. The molecular formula is C41H44ClF3N8O5S. The number of amides is 3. The van der Waals surface area contributed by atoms with E-state index in [0.29, 0.717) is 45.4 Å². The van der Waals surface area contributed by atoms with E-state index in [9.17, 15) is 32.3 Å². The molecule has 3 amide bonds. The average molecular weight is 853 g/mol. The normalized spacial score (nSPS) is 20.7. The molecule has 2 aliphatic heterocycles. The van der Waals surface area contributed by atoms with E-state index in [1.807, 2.05) is 6.07 Å². The number of imide groups is 1. The molecule has 59 heavy (non-hydrogen) atoms. The van der Waals surface area contributed by atoms with Crippen LogP contribution < -0.4 is 26.0 Å². The van der Waals surface area contributed by atoms with Crippen molar-refractivity contribution in [3.63, 3.8) is 0 Å². The Morgan fingerprint density at radius 3 is 2.46 bits per heavy atom. The summed E-state index contributed by atoms with van der Waals surface area (Å²) >= 11 is 8.25. The van der Waals surface area contributed by atoms with Gasteiger partial charge in [0.2, 0.25) is 11.8 Å². The van der Waals surface area contributed by atoms with Gasteiger partial charge in [-0.2, -0.15) is 13.2 Å². The molecule has 18 heteroatoms.